The zero-order valence-electron chi connectivity index (χ0n) is 16.3. The second kappa shape index (κ2) is 7.24. The predicted octanol–water partition coefficient (Wildman–Crippen LogP) is 3.61. The van der Waals surface area contributed by atoms with Crippen molar-refractivity contribution in [2.24, 2.45) is 0 Å². The first kappa shape index (κ1) is 19.0. The zero-order chi connectivity index (χ0) is 20.6. The Morgan fingerprint density at radius 1 is 1.10 bits per heavy atom. The second-order valence-corrected chi connectivity index (χ2v) is 7.74. The summed E-state index contributed by atoms with van der Waals surface area (Å²) < 4.78 is 0. The summed E-state index contributed by atoms with van der Waals surface area (Å²) in [6.07, 6.45) is 0. The van der Waals surface area contributed by atoms with Crippen LogP contribution in [0.4, 0.5) is 5.82 Å². The first-order chi connectivity index (χ1) is 13.8. The first-order valence-corrected chi connectivity index (χ1v) is 9.89. The molecule has 0 unspecified atom stereocenters. The molecule has 0 fully saturated rings. The quantitative estimate of drug-likeness (QED) is 0.498. The Kier molecular flexibility index (Phi) is 4.74. The normalized spacial score (nSPS) is 13.0. The number of aryl methyl sites for hydroxylation is 2. The van der Waals surface area contributed by atoms with Crippen molar-refractivity contribution in [3.05, 3.63) is 63.9 Å². The van der Waals surface area contributed by atoms with Crippen molar-refractivity contribution in [1.29, 1.82) is 0 Å². The van der Waals surface area contributed by atoms with Gasteiger partial charge in [0.05, 0.1) is 27.3 Å². The summed E-state index contributed by atoms with van der Waals surface area (Å²) in [6, 6.07) is 11.5. The van der Waals surface area contributed by atoms with Gasteiger partial charge in [-0.05, 0) is 45.0 Å². The molecule has 0 aliphatic carbocycles. The largest absolute Gasteiger partial charge is 0.382 e. The van der Waals surface area contributed by atoms with Crippen LogP contribution in [-0.2, 0) is 5.60 Å². The maximum Gasteiger partial charge on any atom is 0.159 e. The smallest absolute Gasteiger partial charge is 0.159 e. The SMILES string of the molecule is Cc1nc(N)c2nc(-c3cccc(C#C[C@](C)(O)c4scnc4C)c3)ccc2n1. The maximum atomic E-state index is 10.7. The molecule has 0 radical (unpaired) electrons. The van der Waals surface area contributed by atoms with Crippen molar-refractivity contribution in [3.63, 3.8) is 0 Å². The molecular formula is C22H19N5OS. The van der Waals surface area contributed by atoms with Gasteiger partial charge in [0, 0.05) is 11.1 Å². The van der Waals surface area contributed by atoms with Gasteiger partial charge in [-0.2, -0.15) is 0 Å². The van der Waals surface area contributed by atoms with E-state index in [0.717, 1.165) is 27.4 Å². The predicted molar refractivity (Wildman–Crippen MR) is 115 cm³/mol. The van der Waals surface area contributed by atoms with Crippen LogP contribution < -0.4 is 5.73 Å². The van der Waals surface area contributed by atoms with Gasteiger partial charge in [0.15, 0.2) is 11.4 Å². The molecule has 3 heterocycles. The summed E-state index contributed by atoms with van der Waals surface area (Å²) >= 11 is 1.40. The van der Waals surface area contributed by atoms with Gasteiger partial charge in [-0.25, -0.2) is 19.9 Å². The minimum Gasteiger partial charge on any atom is -0.382 e. The summed E-state index contributed by atoms with van der Waals surface area (Å²) in [6.45, 7) is 5.35. The van der Waals surface area contributed by atoms with Crippen LogP contribution in [0.25, 0.3) is 22.3 Å². The molecule has 4 rings (SSSR count). The molecule has 6 nitrogen and oxygen atoms in total. The highest BCUT2D eigenvalue weighted by atomic mass is 32.1. The number of rotatable bonds is 2. The number of pyridine rings is 1. The number of thiazole rings is 1. The summed E-state index contributed by atoms with van der Waals surface area (Å²) in [5.74, 6) is 7.00. The standard InChI is InChI=1S/C22H19N5OS/c1-13-20(29-12-24-13)22(3,28)10-9-15-5-4-6-16(11-15)17-7-8-18-19(27-17)21(23)26-14(2)25-18/h4-8,11-12,28H,1-3H3,(H2,23,25,26)/t22-/m0/s1. The molecule has 0 bridgehead atoms. The van der Waals surface area contributed by atoms with Crippen LogP contribution in [0.2, 0.25) is 0 Å². The molecule has 1 aromatic carbocycles. The third-order valence-corrected chi connectivity index (χ3v) is 5.62. The number of benzene rings is 1. The van der Waals surface area contributed by atoms with Gasteiger partial charge >= 0.3 is 0 Å². The Morgan fingerprint density at radius 3 is 2.69 bits per heavy atom. The van der Waals surface area contributed by atoms with E-state index in [9.17, 15) is 5.11 Å². The summed E-state index contributed by atoms with van der Waals surface area (Å²) in [7, 11) is 0. The minimum absolute atomic E-state index is 0.362. The monoisotopic (exact) mass is 401 g/mol. The summed E-state index contributed by atoms with van der Waals surface area (Å²) in [5.41, 5.74) is 11.0. The first-order valence-electron chi connectivity index (χ1n) is 9.01. The van der Waals surface area contributed by atoms with Gasteiger partial charge in [-0.15, -0.1) is 11.3 Å². The van der Waals surface area contributed by atoms with E-state index in [2.05, 4.69) is 31.8 Å². The molecule has 1 atom stereocenters. The van der Waals surface area contributed by atoms with Crippen LogP contribution in [0.1, 0.15) is 28.9 Å². The van der Waals surface area contributed by atoms with Gasteiger partial charge in [0.2, 0.25) is 0 Å². The van der Waals surface area contributed by atoms with Gasteiger partial charge < -0.3 is 10.8 Å². The number of aromatic nitrogens is 4. The van der Waals surface area contributed by atoms with E-state index in [0.29, 0.717) is 22.7 Å². The van der Waals surface area contributed by atoms with Gasteiger partial charge in [-0.3, -0.25) is 0 Å². The van der Waals surface area contributed by atoms with Crippen molar-refractivity contribution in [1.82, 2.24) is 19.9 Å². The van der Waals surface area contributed by atoms with E-state index in [4.69, 9.17) is 5.73 Å². The Bertz CT molecular complexity index is 1280. The van der Waals surface area contributed by atoms with E-state index in [1.807, 2.05) is 43.3 Å². The number of hydrogen-bond acceptors (Lipinski definition) is 7. The molecule has 4 aromatic rings. The van der Waals surface area contributed by atoms with Gasteiger partial charge in [0.1, 0.15) is 11.3 Å². The lowest BCUT2D eigenvalue weighted by molar-refractivity contribution is 0.125. The molecule has 3 N–H and O–H groups in total. The molecule has 0 spiro atoms. The molecule has 0 amide bonds. The average Bonchev–Trinajstić information content (AvgIpc) is 3.13. The minimum atomic E-state index is -1.26. The molecule has 0 saturated heterocycles. The molecule has 29 heavy (non-hydrogen) atoms. The van der Waals surface area contributed by atoms with E-state index in [1.165, 1.54) is 11.3 Å². The lowest BCUT2D eigenvalue weighted by atomic mass is 10.0. The Balaban J connectivity index is 1.70. The molecule has 144 valence electrons. The molecule has 3 aromatic heterocycles. The number of nitrogens with zero attached hydrogens (tertiary/aromatic N) is 4. The molecule has 0 aliphatic rings. The number of anilines is 1. The second-order valence-electron chi connectivity index (χ2n) is 6.89. The van der Waals surface area contributed by atoms with Gasteiger partial charge in [0.25, 0.3) is 0 Å². The zero-order valence-corrected chi connectivity index (χ0v) is 17.1. The number of hydrogen-bond donors (Lipinski definition) is 2. The van der Waals surface area contributed by atoms with Crippen molar-refractivity contribution in [3.8, 4) is 23.1 Å². The van der Waals surface area contributed by atoms with Crippen molar-refractivity contribution in [2.75, 3.05) is 5.73 Å². The Hall–Kier alpha value is -3.34. The molecule has 0 saturated carbocycles. The number of fused-ring (bicyclic) bond motifs is 1. The highest BCUT2D eigenvalue weighted by Crippen LogP contribution is 2.27. The van der Waals surface area contributed by atoms with Crippen LogP contribution in [0.5, 0.6) is 0 Å². The molecule has 0 aliphatic heterocycles. The van der Waals surface area contributed by atoms with Crippen molar-refractivity contribution < 1.29 is 5.11 Å². The maximum absolute atomic E-state index is 10.7. The molecular weight excluding hydrogens is 382 g/mol. The fourth-order valence-electron chi connectivity index (χ4n) is 3.09. The van der Waals surface area contributed by atoms with E-state index in [1.54, 1.807) is 19.4 Å². The summed E-state index contributed by atoms with van der Waals surface area (Å²) in [4.78, 5) is 18.1. The molecule has 7 heteroatoms. The third-order valence-electron chi connectivity index (χ3n) is 4.48. The van der Waals surface area contributed by atoms with E-state index in [-0.39, 0.29) is 0 Å². The number of nitrogens with two attached hydrogens (primary N) is 1. The highest BCUT2D eigenvalue weighted by Gasteiger charge is 2.24. The average molecular weight is 401 g/mol. The van der Waals surface area contributed by atoms with Crippen LogP contribution in [0, 0.1) is 25.7 Å². The third kappa shape index (κ3) is 3.81. The van der Waals surface area contributed by atoms with Crippen LogP contribution in [0.15, 0.2) is 41.9 Å². The number of nitrogen functional groups attached to an aromatic ring is 1. The summed E-state index contributed by atoms with van der Waals surface area (Å²) in [5, 5.41) is 10.7. The van der Waals surface area contributed by atoms with E-state index < -0.39 is 5.60 Å². The van der Waals surface area contributed by atoms with Crippen LogP contribution in [0.3, 0.4) is 0 Å². The van der Waals surface area contributed by atoms with Crippen LogP contribution >= 0.6 is 11.3 Å². The Morgan fingerprint density at radius 2 is 1.93 bits per heavy atom. The fraction of sp³-hybridized carbons (Fsp3) is 0.182. The van der Waals surface area contributed by atoms with Gasteiger partial charge in [-0.1, -0.05) is 24.0 Å². The Labute approximate surface area is 172 Å². The topological polar surface area (TPSA) is 97.8 Å². The van der Waals surface area contributed by atoms with Crippen molar-refractivity contribution >= 4 is 28.2 Å². The highest BCUT2D eigenvalue weighted by molar-refractivity contribution is 7.09. The number of aliphatic hydroxyl groups is 1. The lowest BCUT2D eigenvalue weighted by Gasteiger charge is -2.14. The fourth-order valence-corrected chi connectivity index (χ4v) is 3.91. The van der Waals surface area contributed by atoms with E-state index >= 15 is 0 Å². The van der Waals surface area contributed by atoms with Crippen molar-refractivity contribution in [2.45, 2.75) is 26.4 Å². The lowest BCUT2D eigenvalue weighted by Crippen LogP contribution is -2.18. The van der Waals surface area contributed by atoms with Crippen LogP contribution in [-0.4, -0.2) is 25.0 Å².